The molecule has 2 aliphatic rings. The lowest BCUT2D eigenvalue weighted by atomic mass is 10.4. The van der Waals surface area contributed by atoms with Gasteiger partial charge in [-0.2, -0.15) is 0 Å². The van der Waals surface area contributed by atoms with Crippen LogP contribution >= 0.6 is 11.8 Å². The molecule has 1 unspecified atom stereocenters. The number of carbonyl (C=O) groups excluding carboxylic acids is 1. The smallest absolute Gasteiger partial charge is 0.221 e. The van der Waals surface area contributed by atoms with Gasteiger partial charge in [-0.1, -0.05) is 18.7 Å². The number of thioether (sulfide) groups is 1. The standard InChI is InChI=1S/C10H17N3OS/c1-7-6-12-10(15-7)11-5-4-9(14)13-8-2-3-8/h7-8H,2-6H2,1H3,(H,11,12)(H,13,14). The van der Waals surface area contributed by atoms with E-state index in [-0.39, 0.29) is 5.91 Å². The summed E-state index contributed by atoms with van der Waals surface area (Å²) in [6.45, 7) is 3.74. The summed E-state index contributed by atoms with van der Waals surface area (Å²) < 4.78 is 0. The number of carbonyl (C=O) groups is 1. The van der Waals surface area contributed by atoms with E-state index in [0.29, 0.717) is 24.3 Å². The van der Waals surface area contributed by atoms with E-state index in [4.69, 9.17) is 0 Å². The molecule has 1 aliphatic carbocycles. The van der Waals surface area contributed by atoms with Gasteiger partial charge in [0.2, 0.25) is 5.91 Å². The molecule has 0 aromatic heterocycles. The normalized spacial score (nSPS) is 24.9. The minimum atomic E-state index is 0.154. The van der Waals surface area contributed by atoms with Gasteiger partial charge < -0.3 is 10.6 Å². The zero-order valence-electron chi connectivity index (χ0n) is 8.95. The minimum absolute atomic E-state index is 0.154. The van der Waals surface area contributed by atoms with Gasteiger partial charge in [0.15, 0.2) is 5.17 Å². The van der Waals surface area contributed by atoms with Gasteiger partial charge in [0.25, 0.3) is 0 Å². The number of nitrogens with zero attached hydrogens (tertiary/aromatic N) is 1. The van der Waals surface area contributed by atoms with Crippen LogP contribution in [0.2, 0.25) is 0 Å². The molecule has 1 aliphatic heterocycles. The SMILES string of the molecule is CC1CN=C(NCCC(=O)NC2CC2)S1. The van der Waals surface area contributed by atoms with Gasteiger partial charge in [-0.15, -0.1) is 0 Å². The molecule has 84 valence electrons. The van der Waals surface area contributed by atoms with E-state index < -0.39 is 0 Å². The molecule has 1 saturated carbocycles. The summed E-state index contributed by atoms with van der Waals surface area (Å²) in [5.74, 6) is 0.154. The van der Waals surface area contributed by atoms with E-state index >= 15 is 0 Å². The maximum Gasteiger partial charge on any atom is 0.221 e. The topological polar surface area (TPSA) is 53.5 Å². The van der Waals surface area contributed by atoms with Crippen molar-refractivity contribution in [3.63, 3.8) is 0 Å². The zero-order chi connectivity index (χ0) is 10.7. The lowest BCUT2D eigenvalue weighted by Crippen LogP contribution is -2.30. The third-order valence-electron chi connectivity index (χ3n) is 2.38. The second-order valence-electron chi connectivity index (χ2n) is 4.09. The van der Waals surface area contributed by atoms with Crippen molar-refractivity contribution in [2.24, 2.45) is 4.99 Å². The Morgan fingerprint density at radius 1 is 1.60 bits per heavy atom. The van der Waals surface area contributed by atoms with E-state index in [9.17, 15) is 4.79 Å². The van der Waals surface area contributed by atoms with Crippen molar-refractivity contribution in [1.82, 2.24) is 10.6 Å². The van der Waals surface area contributed by atoms with Crippen LogP contribution in [0.15, 0.2) is 4.99 Å². The van der Waals surface area contributed by atoms with Crippen molar-refractivity contribution in [2.45, 2.75) is 37.5 Å². The predicted octanol–water partition coefficient (Wildman–Crippen LogP) is 0.736. The van der Waals surface area contributed by atoms with Crippen molar-refractivity contribution in [3.05, 3.63) is 0 Å². The Morgan fingerprint density at radius 2 is 2.40 bits per heavy atom. The average Bonchev–Trinajstić information content (AvgIpc) is 2.89. The Morgan fingerprint density at radius 3 is 3.00 bits per heavy atom. The van der Waals surface area contributed by atoms with Gasteiger partial charge in [0.05, 0.1) is 6.54 Å². The molecule has 0 spiro atoms. The molecule has 4 nitrogen and oxygen atoms in total. The van der Waals surface area contributed by atoms with Gasteiger partial charge in [0, 0.05) is 24.3 Å². The fraction of sp³-hybridized carbons (Fsp3) is 0.800. The molecule has 0 radical (unpaired) electrons. The summed E-state index contributed by atoms with van der Waals surface area (Å²) in [5.41, 5.74) is 0. The number of aliphatic imine (C=N–C) groups is 1. The minimum Gasteiger partial charge on any atom is -0.364 e. The summed E-state index contributed by atoms with van der Waals surface area (Å²) in [4.78, 5) is 15.7. The number of hydrogen-bond acceptors (Lipinski definition) is 4. The molecule has 1 heterocycles. The lowest BCUT2D eigenvalue weighted by Gasteiger charge is -2.06. The Hall–Kier alpha value is -0.710. The largest absolute Gasteiger partial charge is 0.364 e. The first-order valence-electron chi connectivity index (χ1n) is 5.48. The summed E-state index contributed by atoms with van der Waals surface area (Å²) in [5, 5.41) is 7.72. The number of rotatable bonds is 4. The van der Waals surface area contributed by atoms with Crippen LogP contribution < -0.4 is 10.6 Å². The molecule has 2 rings (SSSR count). The van der Waals surface area contributed by atoms with Gasteiger partial charge >= 0.3 is 0 Å². The van der Waals surface area contributed by atoms with E-state index in [1.54, 1.807) is 11.8 Å². The van der Waals surface area contributed by atoms with Gasteiger partial charge in [-0.3, -0.25) is 9.79 Å². The third kappa shape index (κ3) is 3.74. The Balaban J connectivity index is 1.56. The lowest BCUT2D eigenvalue weighted by molar-refractivity contribution is -0.121. The second-order valence-corrected chi connectivity index (χ2v) is 5.52. The Kier molecular flexibility index (Phi) is 3.51. The highest BCUT2D eigenvalue weighted by Gasteiger charge is 2.23. The van der Waals surface area contributed by atoms with E-state index in [1.165, 1.54) is 0 Å². The summed E-state index contributed by atoms with van der Waals surface area (Å²) in [6.07, 6.45) is 2.85. The second kappa shape index (κ2) is 4.88. The summed E-state index contributed by atoms with van der Waals surface area (Å²) in [6, 6.07) is 0.468. The van der Waals surface area contributed by atoms with Gasteiger partial charge in [-0.25, -0.2) is 0 Å². The first kappa shape index (κ1) is 10.8. The number of amidine groups is 1. The van der Waals surface area contributed by atoms with E-state index in [1.807, 2.05) is 0 Å². The van der Waals surface area contributed by atoms with Gasteiger partial charge in [0.1, 0.15) is 0 Å². The Labute approximate surface area is 94.3 Å². The zero-order valence-corrected chi connectivity index (χ0v) is 9.77. The van der Waals surface area contributed by atoms with Crippen molar-refractivity contribution >= 4 is 22.8 Å². The quantitative estimate of drug-likeness (QED) is 0.744. The fourth-order valence-electron chi connectivity index (χ4n) is 1.38. The van der Waals surface area contributed by atoms with E-state index in [0.717, 1.165) is 24.6 Å². The maximum absolute atomic E-state index is 11.3. The summed E-state index contributed by atoms with van der Waals surface area (Å²) in [7, 11) is 0. The molecule has 1 fully saturated rings. The van der Waals surface area contributed by atoms with Crippen molar-refractivity contribution in [2.75, 3.05) is 13.1 Å². The predicted molar refractivity (Wildman–Crippen MR) is 63.1 cm³/mol. The maximum atomic E-state index is 11.3. The van der Waals surface area contributed by atoms with Crippen molar-refractivity contribution < 1.29 is 4.79 Å². The number of nitrogens with one attached hydrogen (secondary N) is 2. The van der Waals surface area contributed by atoms with Crippen LogP contribution in [0.25, 0.3) is 0 Å². The monoisotopic (exact) mass is 227 g/mol. The Bertz CT molecular complexity index is 276. The van der Waals surface area contributed by atoms with Crippen LogP contribution in [0.1, 0.15) is 26.2 Å². The number of amides is 1. The fourth-order valence-corrected chi connectivity index (χ4v) is 2.25. The van der Waals surface area contributed by atoms with Crippen LogP contribution in [0, 0.1) is 0 Å². The summed E-state index contributed by atoms with van der Waals surface area (Å²) >= 11 is 1.75. The highest BCUT2D eigenvalue weighted by molar-refractivity contribution is 8.14. The van der Waals surface area contributed by atoms with E-state index in [2.05, 4.69) is 22.5 Å². The highest BCUT2D eigenvalue weighted by atomic mass is 32.2. The van der Waals surface area contributed by atoms with Crippen LogP contribution in [-0.4, -0.2) is 35.5 Å². The van der Waals surface area contributed by atoms with Crippen molar-refractivity contribution in [3.8, 4) is 0 Å². The van der Waals surface area contributed by atoms with Crippen molar-refractivity contribution in [1.29, 1.82) is 0 Å². The molecule has 0 aromatic rings. The molecule has 1 atom stereocenters. The molecule has 1 amide bonds. The molecule has 15 heavy (non-hydrogen) atoms. The van der Waals surface area contributed by atoms with Crippen LogP contribution in [0.4, 0.5) is 0 Å². The molecule has 0 saturated heterocycles. The molecule has 0 bridgehead atoms. The van der Waals surface area contributed by atoms with Crippen LogP contribution in [0.5, 0.6) is 0 Å². The average molecular weight is 227 g/mol. The molecule has 0 aromatic carbocycles. The highest BCUT2D eigenvalue weighted by Crippen LogP contribution is 2.19. The first-order valence-corrected chi connectivity index (χ1v) is 6.36. The molecular weight excluding hydrogens is 210 g/mol. The first-order chi connectivity index (χ1) is 7.24. The van der Waals surface area contributed by atoms with Crippen LogP contribution in [0.3, 0.4) is 0 Å². The van der Waals surface area contributed by atoms with Gasteiger partial charge in [-0.05, 0) is 12.8 Å². The molecule has 2 N–H and O–H groups in total. The molecule has 5 heteroatoms. The third-order valence-corrected chi connectivity index (χ3v) is 3.42. The van der Waals surface area contributed by atoms with Crippen LogP contribution in [-0.2, 0) is 4.79 Å². The molecular formula is C10H17N3OS. The number of hydrogen-bond donors (Lipinski definition) is 2.